The minimum Gasteiger partial charge on any atom is -0.450 e. The summed E-state index contributed by atoms with van der Waals surface area (Å²) in [5.41, 5.74) is 5.01. The highest BCUT2D eigenvalue weighted by molar-refractivity contribution is 6.31. The van der Waals surface area contributed by atoms with Crippen LogP contribution in [-0.2, 0) is 4.74 Å². The highest BCUT2D eigenvalue weighted by atomic mass is 35.5. The lowest BCUT2D eigenvalue weighted by Crippen LogP contribution is -2.40. The van der Waals surface area contributed by atoms with Gasteiger partial charge in [-0.3, -0.25) is 4.99 Å². The van der Waals surface area contributed by atoms with E-state index in [2.05, 4.69) is 17.4 Å². The van der Waals surface area contributed by atoms with Gasteiger partial charge >= 0.3 is 6.09 Å². The predicted molar refractivity (Wildman–Crippen MR) is 109 cm³/mol. The van der Waals surface area contributed by atoms with Gasteiger partial charge in [-0.25, -0.2) is 4.79 Å². The summed E-state index contributed by atoms with van der Waals surface area (Å²) in [5.74, 6) is 0.281. The Labute approximate surface area is 164 Å². The zero-order chi connectivity index (χ0) is 18.8. The maximum absolute atomic E-state index is 12.0. The molecule has 0 bridgehead atoms. The van der Waals surface area contributed by atoms with Crippen LogP contribution in [0.4, 0.5) is 21.9 Å². The monoisotopic (exact) mass is 383 g/mol. The molecule has 1 saturated heterocycles. The molecule has 140 valence electrons. The fraction of sp³-hybridized carbons (Fsp3) is 0.333. The molecular weight excluding hydrogens is 362 g/mol. The topological polar surface area (TPSA) is 53.9 Å². The lowest BCUT2D eigenvalue weighted by atomic mass is 9.87. The number of amides is 1. The minimum atomic E-state index is -0.224. The van der Waals surface area contributed by atoms with E-state index in [1.807, 2.05) is 37.3 Å². The second-order valence-electron chi connectivity index (χ2n) is 6.79. The molecule has 0 aromatic heterocycles. The zero-order valence-corrected chi connectivity index (χ0v) is 16.0. The van der Waals surface area contributed by atoms with Crippen molar-refractivity contribution in [3.8, 4) is 0 Å². The Kier molecular flexibility index (Phi) is 5.03. The van der Waals surface area contributed by atoms with Crippen LogP contribution >= 0.6 is 11.6 Å². The van der Waals surface area contributed by atoms with Crippen LogP contribution in [0.3, 0.4) is 0 Å². The standard InChI is InChI=1S/C21H22ClN3O2/c1-2-27-21(26)25-11-9-14(10-12-25)20-16-5-3-4-6-17(16)23-18-8-7-15(22)13-19(18)24-20/h3-8,13-14,23H,2,9-12H2,1H3. The van der Waals surface area contributed by atoms with Gasteiger partial charge in [0.2, 0.25) is 0 Å². The summed E-state index contributed by atoms with van der Waals surface area (Å²) in [6.07, 6.45) is 1.50. The molecular formula is C21H22ClN3O2. The number of fused-ring (bicyclic) bond motifs is 2. The molecule has 0 spiro atoms. The van der Waals surface area contributed by atoms with Gasteiger partial charge in [0.1, 0.15) is 0 Å². The second-order valence-corrected chi connectivity index (χ2v) is 7.23. The molecule has 1 fully saturated rings. The molecule has 27 heavy (non-hydrogen) atoms. The number of hydrogen-bond donors (Lipinski definition) is 1. The molecule has 2 heterocycles. The van der Waals surface area contributed by atoms with Crippen LogP contribution in [0.5, 0.6) is 0 Å². The number of nitrogens with zero attached hydrogens (tertiary/aromatic N) is 2. The number of carbonyl (C=O) groups is 1. The van der Waals surface area contributed by atoms with E-state index in [0.717, 1.165) is 41.2 Å². The van der Waals surface area contributed by atoms with Crippen molar-refractivity contribution in [1.82, 2.24) is 4.90 Å². The average molecular weight is 384 g/mol. The van der Waals surface area contributed by atoms with E-state index in [0.29, 0.717) is 24.7 Å². The van der Waals surface area contributed by atoms with Crippen molar-refractivity contribution in [3.63, 3.8) is 0 Å². The van der Waals surface area contributed by atoms with Gasteiger partial charge in [-0.2, -0.15) is 0 Å². The molecule has 2 aromatic rings. The number of likely N-dealkylation sites (tertiary alicyclic amines) is 1. The molecule has 2 aliphatic heterocycles. The van der Waals surface area contributed by atoms with E-state index in [1.165, 1.54) is 0 Å². The first kappa shape index (κ1) is 17.9. The van der Waals surface area contributed by atoms with Gasteiger partial charge in [0.05, 0.1) is 23.7 Å². The van der Waals surface area contributed by atoms with Gasteiger partial charge in [0.15, 0.2) is 0 Å². The Hall–Kier alpha value is -2.53. The smallest absolute Gasteiger partial charge is 0.409 e. The van der Waals surface area contributed by atoms with Gasteiger partial charge in [0.25, 0.3) is 0 Å². The third-order valence-corrected chi connectivity index (χ3v) is 5.32. The van der Waals surface area contributed by atoms with Crippen molar-refractivity contribution in [1.29, 1.82) is 0 Å². The molecule has 6 heteroatoms. The van der Waals surface area contributed by atoms with E-state index >= 15 is 0 Å². The van der Waals surface area contributed by atoms with E-state index in [-0.39, 0.29) is 12.0 Å². The molecule has 4 rings (SSSR count). The number of piperidine rings is 1. The van der Waals surface area contributed by atoms with Crippen LogP contribution < -0.4 is 5.32 Å². The Bertz CT molecular complexity index is 889. The summed E-state index contributed by atoms with van der Waals surface area (Å²) < 4.78 is 5.13. The number of anilines is 2. The van der Waals surface area contributed by atoms with Crippen molar-refractivity contribution < 1.29 is 9.53 Å². The van der Waals surface area contributed by atoms with Gasteiger partial charge in [0, 0.05) is 35.3 Å². The third-order valence-electron chi connectivity index (χ3n) is 5.08. The summed E-state index contributed by atoms with van der Waals surface area (Å²) in [5, 5.41) is 4.15. The lowest BCUT2D eigenvalue weighted by molar-refractivity contribution is 0.0965. The van der Waals surface area contributed by atoms with E-state index in [9.17, 15) is 4.79 Å². The normalized spacial score (nSPS) is 16.5. The Morgan fingerprint density at radius 3 is 2.78 bits per heavy atom. The highest BCUT2D eigenvalue weighted by Gasteiger charge is 2.29. The first-order valence-electron chi connectivity index (χ1n) is 9.32. The lowest BCUT2D eigenvalue weighted by Gasteiger charge is -2.32. The Balaban J connectivity index is 1.65. The fourth-order valence-electron chi connectivity index (χ4n) is 3.72. The van der Waals surface area contributed by atoms with Crippen molar-refractivity contribution in [2.24, 2.45) is 10.9 Å². The van der Waals surface area contributed by atoms with E-state index in [1.54, 1.807) is 4.90 Å². The average Bonchev–Trinajstić information content (AvgIpc) is 2.85. The summed E-state index contributed by atoms with van der Waals surface area (Å²) in [4.78, 5) is 18.8. The van der Waals surface area contributed by atoms with Crippen LogP contribution in [0.15, 0.2) is 47.5 Å². The summed E-state index contributed by atoms with van der Waals surface area (Å²) >= 11 is 6.20. The number of halogens is 1. The number of hydrogen-bond acceptors (Lipinski definition) is 4. The van der Waals surface area contributed by atoms with Crippen LogP contribution in [0, 0.1) is 5.92 Å². The fourth-order valence-corrected chi connectivity index (χ4v) is 3.88. The summed E-state index contributed by atoms with van der Waals surface area (Å²) in [6, 6.07) is 14.0. The molecule has 0 atom stereocenters. The molecule has 0 saturated carbocycles. The molecule has 0 aliphatic carbocycles. The number of rotatable bonds is 2. The van der Waals surface area contributed by atoms with Crippen molar-refractivity contribution >= 4 is 40.5 Å². The maximum Gasteiger partial charge on any atom is 0.409 e. The van der Waals surface area contributed by atoms with Gasteiger partial charge < -0.3 is 15.0 Å². The number of aliphatic imine (C=N–C) groups is 1. The van der Waals surface area contributed by atoms with Crippen LogP contribution in [-0.4, -0.2) is 36.4 Å². The van der Waals surface area contributed by atoms with Crippen LogP contribution in [0.1, 0.15) is 25.3 Å². The first-order chi connectivity index (χ1) is 13.2. The van der Waals surface area contributed by atoms with Crippen molar-refractivity contribution in [2.45, 2.75) is 19.8 Å². The van der Waals surface area contributed by atoms with Crippen LogP contribution in [0.2, 0.25) is 5.02 Å². The van der Waals surface area contributed by atoms with Gasteiger partial charge in [-0.1, -0.05) is 29.8 Å². The largest absolute Gasteiger partial charge is 0.450 e. The van der Waals surface area contributed by atoms with Crippen molar-refractivity contribution in [3.05, 3.63) is 53.1 Å². The van der Waals surface area contributed by atoms with E-state index < -0.39 is 0 Å². The Morgan fingerprint density at radius 1 is 1.22 bits per heavy atom. The number of benzene rings is 2. The molecule has 5 nitrogen and oxygen atoms in total. The molecule has 1 amide bonds. The molecule has 2 aromatic carbocycles. The molecule has 1 N–H and O–H groups in total. The SMILES string of the molecule is CCOC(=O)N1CCC(C2=Nc3cc(Cl)ccc3Nc3ccccc32)CC1. The second kappa shape index (κ2) is 7.61. The quantitative estimate of drug-likeness (QED) is 0.756. The molecule has 0 radical (unpaired) electrons. The highest BCUT2D eigenvalue weighted by Crippen LogP contribution is 2.38. The van der Waals surface area contributed by atoms with Gasteiger partial charge in [-0.05, 0) is 44.0 Å². The zero-order valence-electron chi connectivity index (χ0n) is 15.2. The summed E-state index contributed by atoms with van der Waals surface area (Å²) in [7, 11) is 0. The Morgan fingerprint density at radius 2 is 2.00 bits per heavy atom. The number of ether oxygens (including phenoxy) is 1. The molecule has 0 unspecified atom stereocenters. The van der Waals surface area contributed by atoms with Crippen LogP contribution in [0.25, 0.3) is 0 Å². The first-order valence-corrected chi connectivity index (χ1v) is 9.69. The van der Waals surface area contributed by atoms with E-state index in [4.69, 9.17) is 21.3 Å². The van der Waals surface area contributed by atoms with Crippen molar-refractivity contribution in [2.75, 3.05) is 25.0 Å². The summed E-state index contributed by atoms with van der Waals surface area (Å²) in [6.45, 7) is 3.60. The minimum absolute atomic E-state index is 0.224. The molecule has 2 aliphatic rings. The number of nitrogens with one attached hydrogen (secondary N) is 1. The van der Waals surface area contributed by atoms with Gasteiger partial charge in [-0.15, -0.1) is 0 Å². The maximum atomic E-state index is 12.0. The third kappa shape index (κ3) is 3.65. The predicted octanol–water partition coefficient (Wildman–Crippen LogP) is 5.39. The number of carbonyl (C=O) groups excluding carboxylic acids is 1. The number of para-hydroxylation sites is 1.